The van der Waals surface area contributed by atoms with Crippen LogP contribution in [0.5, 0.6) is 0 Å². The van der Waals surface area contributed by atoms with Gasteiger partial charge in [-0.25, -0.2) is 9.97 Å². The molecule has 0 saturated carbocycles. The molecule has 104 valence electrons. The fourth-order valence-electron chi connectivity index (χ4n) is 2.17. The van der Waals surface area contributed by atoms with Gasteiger partial charge in [-0.15, -0.1) is 22.7 Å². The van der Waals surface area contributed by atoms with Gasteiger partial charge in [-0.05, 0) is 45.6 Å². The number of rotatable bonds is 1. The molecule has 3 heterocycles. The van der Waals surface area contributed by atoms with Crippen molar-refractivity contribution in [2.45, 2.75) is 0 Å². The summed E-state index contributed by atoms with van der Waals surface area (Å²) in [5.41, 5.74) is 6.95. The van der Waals surface area contributed by atoms with Gasteiger partial charge in [-0.3, -0.25) is 0 Å². The highest BCUT2D eigenvalue weighted by molar-refractivity contribution is 9.11. The summed E-state index contributed by atoms with van der Waals surface area (Å²) >= 11 is 10.4. The molecule has 0 aliphatic carbocycles. The van der Waals surface area contributed by atoms with E-state index in [-0.39, 0.29) is 0 Å². The van der Waals surface area contributed by atoms with Crippen LogP contribution in [0.2, 0.25) is 0 Å². The third-order valence-corrected chi connectivity index (χ3v) is 6.26. The van der Waals surface area contributed by atoms with Crippen LogP contribution >= 0.6 is 54.5 Å². The average Bonchev–Trinajstić information content (AvgIpc) is 3.00. The van der Waals surface area contributed by atoms with Crippen LogP contribution in [-0.4, -0.2) is 9.97 Å². The number of thiophene rings is 2. The van der Waals surface area contributed by atoms with Crippen molar-refractivity contribution in [3.63, 3.8) is 0 Å². The van der Waals surface area contributed by atoms with Crippen LogP contribution in [0.1, 0.15) is 0 Å². The molecular formula is C14H7Br2N3S2. The molecule has 0 bridgehead atoms. The molecule has 4 rings (SSSR count). The second-order valence-corrected chi connectivity index (χ2v) is 8.28. The van der Waals surface area contributed by atoms with Gasteiger partial charge < -0.3 is 5.73 Å². The maximum absolute atomic E-state index is 6.12. The number of aromatic nitrogens is 2. The van der Waals surface area contributed by atoms with Gasteiger partial charge in [0.2, 0.25) is 0 Å². The lowest BCUT2D eigenvalue weighted by molar-refractivity contribution is 1.24. The number of anilines is 1. The standard InChI is InChI=1S/C14H7Br2N3S2/c15-6-3-7-12(8(16)4-6)18-14(19-13(7)17)11-5-10-9(21-11)1-2-20-10/h1-5H,(H2,17,18,19). The van der Waals surface area contributed by atoms with E-state index in [1.54, 1.807) is 22.7 Å². The van der Waals surface area contributed by atoms with E-state index in [1.807, 2.05) is 12.1 Å². The fraction of sp³-hybridized carbons (Fsp3) is 0. The average molecular weight is 441 g/mol. The number of hydrogen-bond acceptors (Lipinski definition) is 5. The first-order valence-corrected chi connectivity index (χ1v) is 9.30. The summed E-state index contributed by atoms with van der Waals surface area (Å²) in [4.78, 5) is 10.2. The Balaban J connectivity index is 1.99. The zero-order chi connectivity index (χ0) is 14.6. The topological polar surface area (TPSA) is 51.8 Å². The zero-order valence-electron chi connectivity index (χ0n) is 10.4. The molecule has 7 heteroatoms. The number of benzene rings is 1. The largest absolute Gasteiger partial charge is 0.383 e. The van der Waals surface area contributed by atoms with E-state index in [2.05, 4.69) is 59.3 Å². The Labute approximate surface area is 145 Å². The van der Waals surface area contributed by atoms with Crippen LogP contribution in [0.15, 0.2) is 38.6 Å². The van der Waals surface area contributed by atoms with Crippen molar-refractivity contribution < 1.29 is 0 Å². The lowest BCUT2D eigenvalue weighted by Gasteiger charge is -2.06. The van der Waals surface area contributed by atoms with Gasteiger partial charge in [0, 0.05) is 23.7 Å². The molecule has 4 aromatic rings. The molecule has 0 spiro atoms. The third-order valence-electron chi connectivity index (χ3n) is 3.11. The molecule has 0 aliphatic rings. The highest BCUT2D eigenvalue weighted by Gasteiger charge is 2.13. The van der Waals surface area contributed by atoms with E-state index in [0.717, 1.165) is 24.7 Å². The van der Waals surface area contributed by atoms with Gasteiger partial charge in [-0.1, -0.05) is 15.9 Å². The molecule has 0 radical (unpaired) electrons. The van der Waals surface area contributed by atoms with Crippen LogP contribution in [0.3, 0.4) is 0 Å². The quantitative estimate of drug-likeness (QED) is 0.414. The van der Waals surface area contributed by atoms with Crippen molar-refractivity contribution in [1.82, 2.24) is 9.97 Å². The Hall–Kier alpha value is -1.02. The molecule has 0 atom stereocenters. The number of nitrogen functional groups attached to an aromatic ring is 1. The van der Waals surface area contributed by atoms with Gasteiger partial charge in [0.15, 0.2) is 5.82 Å². The maximum atomic E-state index is 6.12. The molecule has 1 aromatic carbocycles. The lowest BCUT2D eigenvalue weighted by atomic mass is 10.2. The molecule has 0 aliphatic heterocycles. The van der Waals surface area contributed by atoms with Crippen LogP contribution in [0.4, 0.5) is 5.82 Å². The number of hydrogen-bond donors (Lipinski definition) is 1. The normalized spacial score (nSPS) is 11.5. The first kappa shape index (κ1) is 13.6. The van der Waals surface area contributed by atoms with Gasteiger partial charge in [0.05, 0.1) is 10.4 Å². The van der Waals surface area contributed by atoms with Gasteiger partial charge in [0.25, 0.3) is 0 Å². The highest BCUT2D eigenvalue weighted by Crippen LogP contribution is 2.37. The molecule has 3 aromatic heterocycles. The Morgan fingerprint density at radius 3 is 2.71 bits per heavy atom. The van der Waals surface area contributed by atoms with Gasteiger partial charge in [0.1, 0.15) is 5.82 Å². The van der Waals surface area contributed by atoms with Crippen molar-refractivity contribution in [3.8, 4) is 10.7 Å². The van der Waals surface area contributed by atoms with E-state index < -0.39 is 0 Å². The number of fused-ring (bicyclic) bond motifs is 2. The summed E-state index contributed by atoms with van der Waals surface area (Å²) < 4.78 is 4.36. The van der Waals surface area contributed by atoms with Gasteiger partial charge in [-0.2, -0.15) is 0 Å². The van der Waals surface area contributed by atoms with Crippen molar-refractivity contribution in [1.29, 1.82) is 0 Å². The van der Waals surface area contributed by atoms with E-state index in [0.29, 0.717) is 11.6 Å². The molecule has 0 saturated heterocycles. The molecule has 21 heavy (non-hydrogen) atoms. The van der Waals surface area contributed by atoms with Crippen LogP contribution in [0, 0.1) is 0 Å². The second kappa shape index (κ2) is 5.01. The number of nitrogens with two attached hydrogens (primary N) is 1. The summed E-state index contributed by atoms with van der Waals surface area (Å²) in [6.45, 7) is 0. The van der Waals surface area contributed by atoms with Crippen LogP contribution in [-0.2, 0) is 0 Å². The van der Waals surface area contributed by atoms with Crippen LogP contribution in [0.25, 0.3) is 31.0 Å². The van der Waals surface area contributed by atoms with E-state index in [9.17, 15) is 0 Å². The smallest absolute Gasteiger partial charge is 0.172 e. The first-order valence-electron chi connectivity index (χ1n) is 6.01. The Bertz CT molecular complexity index is 962. The minimum atomic E-state index is 0.494. The summed E-state index contributed by atoms with van der Waals surface area (Å²) in [5.74, 6) is 1.17. The number of nitrogens with zero attached hydrogens (tertiary/aromatic N) is 2. The Morgan fingerprint density at radius 1 is 1.05 bits per heavy atom. The van der Waals surface area contributed by atoms with Gasteiger partial charge >= 0.3 is 0 Å². The predicted molar refractivity (Wildman–Crippen MR) is 98.0 cm³/mol. The van der Waals surface area contributed by atoms with E-state index in [4.69, 9.17) is 5.73 Å². The fourth-order valence-corrected chi connectivity index (χ4v) is 5.52. The molecule has 2 N–H and O–H groups in total. The summed E-state index contributed by atoms with van der Waals surface area (Å²) in [7, 11) is 0. The SMILES string of the molecule is Nc1nc(-c2cc3sccc3s2)nc2c(Br)cc(Br)cc12. The minimum absolute atomic E-state index is 0.494. The molecule has 0 fully saturated rings. The Morgan fingerprint density at radius 2 is 1.90 bits per heavy atom. The summed E-state index contributed by atoms with van der Waals surface area (Å²) in [5, 5.41) is 2.94. The molecular weight excluding hydrogens is 434 g/mol. The highest BCUT2D eigenvalue weighted by atomic mass is 79.9. The van der Waals surface area contributed by atoms with Crippen molar-refractivity contribution in [2.75, 3.05) is 5.73 Å². The first-order chi connectivity index (χ1) is 10.1. The molecule has 0 unspecified atom stereocenters. The monoisotopic (exact) mass is 439 g/mol. The van der Waals surface area contributed by atoms with Crippen molar-refractivity contribution in [3.05, 3.63) is 38.6 Å². The number of halogens is 2. The van der Waals surface area contributed by atoms with Crippen molar-refractivity contribution in [2.24, 2.45) is 0 Å². The molecule has 3 nitrogen and oxygen atoms in total. The maximum Gasteiger partial charge on any atom is 0.172 e. The lowest BCUT2D eigenvalue weighted by Crippen LogP contribution is -1.97. The predicted octanol–water partition coefficient (Wildman–Crippen LogP) is 5.68. The summed E-state index contributed by atoms with van der Waals surface area (Å²) in [6, 6.07) is 8.14. The second-order valence-electron chi connectivity index (χ2n) is 4.48. The van der Waals surface area contributed by atoms with Crippen molar-refractivity contribution >= 4 is 80.7 Å². The van der Waals surface area contributed by atoms with E-state index >= 15 is 0 Å². The zero-order valence-corrected chi connectivity index (χ0v) is 15.2. The minimum Gasteiger partial charge on any atom is -0.383 e. The third kappa shape index (κ3) is 2.28. The molecule has 0 amide bonds. The van der Waals surface area contributed by atoms with E-state index in [1.165, 1.54) is 9.40 Å². The van der Waals surface area contributed by atoms with Crippen LogP contribution < -0.4 is 5.73 Å². The summed E-state index contributed by atoms with van der Waals surface area (Å²) in [6.07, 6.45) is 0. The Kier molecular flexibility index (Phi) is 3.25.